The predicted molar refractivity (Wildman–Crippen MR) is 41.8 cm³/mol. The van der Waals surface area contributed by atoms with Crippen LogP contribution in [0.3, 0.4) is 0 Å². The molecule has 0 bridgehead atoms. The molecule has 1 nitrogen and oxygen atoms in total. The zero-order valence-electron chi connectivity index (χ0n) is 6.25. The molecule has 0 N–H and O–H groups in total. The first-order valence-electron chi connectivity index (χ1n) is 4.04. The van der Waals surface area contributed by atoms with E-state index in [0.717, 1.165) is 18.6 Å². The highest BCUT2D eigenvalue weighted by atomic mass is 16.1. The van der Waals surface area contributed by atoms with Gasteiger partial charge in [-0.25, -0.2) is 0 Å². The van der Waals surface area contributed by atoms with Crippen LogP contribution in [-0.2, 0) is 4.79 Å². The van der Waals surface area contributed by atoms with Crippen molar-refractivity contribution < 1.29 is 4.79 Å². The van der Waals surface area contributed by atoms with Crippen LogP contribution in [0.4, 0.5) is 0 Å². The van der Waals surface area contributed by atoms with Gasteiger partial charge in [-0.05, 0) is 18.4 Å². The van der Waals surface area contributed by atoms with Crippen molar-refractivity contribution >= 4 is 6.29 Å². The van der Waals surface area contributed by atoms with Crippen LogP contribution in [0.2, 0.25) is 0 Å². The molecule has 0 unspecified atom stereocenters. The lowest BCUT2D eigenvalue weighted by Crippen LogP contribution is -1.88. The van der Waals surface area contributed by atoms with Gasteiger partial charge >= 0.3 is 0 Å². The highest BCUT2D eigenvalue weighted by molar-refractivity contribution is 5.64. The Morgan fingerprint density at radius 1 is 1.30 bits per heavy atom. The maximum atomic E-state index is 9.89. The minimum absolute atomic E-state index is 0.856. The second kappa shape index (κ2) is 4.26. The zero-order valence-corrected chi connectivity index (χ0v) is 6.25. The SMILES string of the molecule is O=C/C=C/CC1CCCC1. The topological polar surface area (TPSA) is 17.1 Å². The molecule has 0 spiro atoms. The molecule has 0 aromatic rings. The summed E-state index contributed by atoms with van der Waals surface area (Å²) in [6.45, 7) is 0. The minimum atomic E-state index is 0.856. The maximum absolute atomic E-state index is 9.89. The van der Waals surface area contributed by atoms with Crippen LogP contribution in [-0.4, -0.2) is 6.29 Å². The molecule has 1 heteroatoms. The molecule has 0 aromatic heterocycles. The Bertz CT molecular complexity index is 121. The van der Waals surface area contributed by atoms with E-state index >= 15 is 0 Å². The fraction of sp³-hybridized carbons (Fsp3) is 0.667. The molecule has 1 aliphatic carbocycles. The van der Waals surface area contributed by atoms with Gasteiger partial charge in [-0.2, -0.15) is 0 Å². The minimum Gasteiger partial charge on any atom is -0.299 e. The van der Waals surface area contributed by atoms with Crippen molar-refractivity contribution in [2.75, 3.05) is 0 Å². The lowest BCUT2D eigenvalue weighted by molar-refractivity contribution is -0.104. The number of hydrogen-bond acceptors (Lipinski definition) is 1. The van der Waals surface area contributed by atoms with Gasteiger partial charge in [-0.15, -0.1) is 0 Å². The second-order valence-electron chi connectivity index (χ2n) is 2.95. The van der Waals surface area contributed by atoms with Crippen molar-refractivity contribution in [3.8, 4) is 0 Å². The Morgan fingerprint density at radius 2 is 2.00 bits per heavy atom. The van der Waals surface area contributed by atoms with Gasteiger partial charge in [0.2, 0.25) is 0 Å². The summed E-state index contributed by atoms with van der Waals surface area (Å²) in [4.78, 5) is 9.89. The van der Waals surface area contributed by atoms with Crippen molar-refractivity contribution in [3.63, 3.8) is 0 Å². The molecule has 1 aliphatic rings. The summed E-state index contributed by atoms with van der Waals surface area (Å²) in [5.41, 5.74) is 0. The fourth-order valence-electron chi connectivity index (χ4n) is 1.57. The number of carbonyl (C=O) groups is 1. The smallest absolute Gasteiger partial charge is 0.142 e. The normalized spacial score (nSPS) is 20.4. The second-order valence-corrected chi connectivity index (χ2v) is 2.95. The molecule has 0 aromatic carbocycles. The zero-order chi connectivity index (χ0) is 7.23. The van der Waals surface area contributed by atoms with Crippen molar-refractivity contribution in [3.05, 3.63) is 12.2 Å². The summed E-state index contributed by atoms with van der Waals surface area (Å²) in [6, 6.07) is 0. The Labute approximate surface area is 62.1 Å². The quantitative estimate of drug-likeness (QED) is 0.432. The number of hydrogen-bond donors (Lipinski definition) is 0. The molecule has 56 valence electrons. The Kier molecular flexibility index (Phi) is 3.20. The Balaban J connectivity index is 2.12. The van der Waals surface area contributed by atoms with Gasteiger partial charge in [0.05, 0.1) is 0 Å². The third-order valence-electron chi connectivity index (χ3n) is 2.16. The standard InChI is InChI=1S/C9H14O/c10-8-4-3-7-9-5-1-2-6-9/h3-4,8-9H,1-2,5-7H2/b4-3+. The monoisotopic (exact) mass is 138 g/mol. The third kappa shape index (κ3) is 2.34. The van der Waals surface area contributed by atoms with Gasteiger partial charge in [0.25, 0.3) is 0 Å². The third-order valence-corrected chi connectivity index (χ3v) is 2.16. The summed E-state index contributed by atoms with van der Waals surface area (Å²) in [6.07, 6.45) is 11.1. The van der Waals surface area contributed by atoms with E-state index in [1.165, 1.54) is 25.7 Å². The van der Waals surface area contributed by atoms with Crippen LogP contribution >= 0.6 is 0 Å². The van der Waals surface area contributed by atoms with E-state index < -0.39 is 0 Å². The van der Waals surface area contributed by atoms with E-state index in [1.54, 1.807) is 6.08 Å². The van der Waals surface area contributed by atoms with Gasteiger partial charge in [0.1, 0.15) is 6.29 Å². The average Bonchev–Trinajstić information content (AvgIpc) is 2.41. The number of aldehydes is 1. The van der Waals surface area contributed by atoms with E-state index in [1.807, 2.05) is 6.08 Å². The van der Waals surface area contributed by atoms with Gasteiger partial charge in [-0.3, -0.25) is 4.79 Å². The molecule has 0 saturated heterocycles. The summed E-state index contributed by atoms with van der Waals surface area (Å²) < 4.78 is 0. The van der Waals surface area contributed by atoms with E-state index in [4.69, 9.17) is 0 Å². The number of allylic oxidation sites excluding steroid dienone is 2. The molecular formula is C9H14O. The molecule has 1 saturated carbocycles. The van der Waals surface area contributed by atoms with Crippen molar-refractivity contribution in [1.29, 1.82) is 0 Å². The van der Waals surface area contributed by atoms with E-state index in [-0.39, 0.29) is 0 Å². The van der Waals surface area contributed by atoms with Crippen molar-refractivity contribution in [2.24, 2.45) is 5.92 Å². The lowest BCUT2D eigenvalue weighted by atomic mass is 10.0. The van der Waals surface area contributed by atoms with Gasteiger partial charge < -0.3 is 0 Å². The lowest BCUT2D eigenvalue weighted by Gasteiger charge is -2.01. The highest BCUT2D eigenvalue weighted by Gasteiger charge is 2.12. The Morgan fingerprint density at radius 3 is 2.60 bits per heavy atom. The van der Waals surface area contributed by atoms with E-state index in [2.05, 4.69) is 0 Å². The molecule has 1 rings (SSSR count). The van der Waals surface area contributed by atoms with Crippen LogP contribution in [0.5, 0.6) is 0 Å². The summed E-state index contributed by atoms with van der Waals surface area (Å²) in [7, 11) is 0. The van der Waals surface area contributed by atoms with Crippen molar-refractivity contribution in [1.82, 2.24) is 0 Å². The molecule has 0 aliphatic heterocycles. The molecule has 0 radical (unpaired) electrons. The largest absolute Gasteiger partial charge is 0.299 e. The van der Waals surface area contributed by atoms with Crippen LogP contribution in [0.15, 0.2) is 12.2 Å². The molecule has 10 heavy (non-hydrogen) atoms. The van der Waals surface area contributed by atoms with Crippen LogP contribution in [0.25, 0.3) is 0 Å². The predicted octanol–water partition coefficient (Wildman–Crippen LogP) is 2.32. The fourth-order valence-corrected chi connectivity index (χ4v) is 1.57. The summed E-state index contributed by atoms with van der Waals surface area (Å²) in [5, 5.41) is 0. The van der Waals surface area contributed by atoms with Gasteiger partial charge in [0.15, 0.2) is 0 Å². The van der Waals surface area contributed by atoms with Crippen LogP contribution < -0.4 is 0 Å². The van der Waals surface area contributed by atoms with E-state index in [9.17, 15) is 4.79 Å². The van der Waals surface area contributed by atoms with Crippen LogP contribution in [0.1, 0.15) is 32.1 Å². The molecule has 1 fully saturated rings. The first-order chi connectivity index (χ1) is 4.93. The average molecular weight is 138 g/mol. The first-order valence-corrected chi connectivity index (χ1v) is 4.04. The van der Waals surface area contributed by atoms with Gasteiger partial charge in [-0.1, -0.05) is 31.8 Å². The van der Waals surface area contributed by atoms with Gasteiger partial charge in [0, 0.05) is 0 Å². The van der Waals surface area contributed by atoms with E-state index in [0.29, 0.717) is 0 Å². The van der Waals surface area contributed by atoms with Crippen molar-refractivity contribution in [2.45, 2.75) is 32.1 Å². The summed E-state index contributed by atoms with van der Waals surface area (Å²) >= 11 is 0. The Hall–Kier alpha value is -0.590. The molecule has 0 atom stereocenters. The molecule has 0 amide bonds. The number of rotatable bonds is 3. The number of carbonyl (C=O) groups excluding carboxylic acids is 1. The molecular weight excluding hydrogens is 124 g/mol. The molecule has 0 heterocycles. The highest BCUT2D eigenvalue weighted by Crippen LogP contribution is 2.27. The first kappa shape index (κ1) is 7.52. The summed E-state index contributed by atoms with van der Waals surface area (Å²) in [5.74, 6) is 0.871. The maximum Gasteiger partial charge on any atom is 0.142 e. The van der Waals surface area contributed by atoms with Crippen LogP contribution in [0, 0.1) is 5.92 Å².